The molecule has 4 nitrogen and oxygen atoms in total. The topological polar surface area (TPSA) is 42.7 Å². The van der Waals surface area contributed by atoms with Crippen LogP contribution in [0.3, 0.4) is 0 Å². The van der Waals surface area contributed by atoms with Crippen molar-refractivity contribution in [2.45, 2.75) is 0 Å². The van der Waals surface area contributed by atoms with Crippen LogP contribution in [0.2, 0.25) is 0 Å². The number of aromatic amines is 1. The van der Waals surface area contributed by atoms with Gasteiger partial charge in [0.2, 0.25) is 0 Å². The first-order valence-corrected chi connectivity index (χ1v) is 14.5. The SMILES string of the molecule is O=c1[nH]c2ccccc2c2c3ccccc3n(-c3ccc(-c4ccc(-n5c6ccccc6c6ccccc65)cc4)cc3)c12. The van der Waals surface area contributed by atoms with Crippen molar-refractivity contribution in [3.05, 3.63) is 156 Å². The van der Waals surface area contributed by atoms with Crippen molar-refractivity contribution in [3.8, 4) is 22.5 Å². The van der Waals surface area contributed by atoms with Crippen LogP contribution in [0.4, 0.5) is 0 Å². The summed E-state index contributed by atoms with van der Waals surface area (Å²) in [5.41, 5.74) is 9.21. The maximum absolute atomic E-state index is 13.5. The molecule has 0 fully saturated rings. The minimum Gasteiger partial charge on any atom is -0.320 e. The van der Waals surface area contributed by atoms with E-state index in [-0.39, 0.29) is 5.56 Å². The predicted octanol–water partition coefficient (Wildman–Crippen LogP) is 9.39. The monoisotopic (exact) mass is 551 g/mol. The van der Waals surface area contributed by atoms with Gasteiger partial charge in [-0.15, -0.1) is 0 Å². The first-order chi connectivity index (χ1) is 21.3. The maximum atomic E-state index is 13.5. The van der Waals surface area contributed by atoms with Crippen LogP contribution in [0.5, 0.6) is 0 Å². The number of pyridine rings is 1. The lowest BCUT2D eigenvalue weighted by Gasteiger charge is -2.11. The molecule has 0 aliphatic rings. The standard InChI is InChI=1S/C39H25N3O/c43-39-38-37(31-11-1-5-13-33(31)40-39)32-12-4-8-16-36(32)42(38)28-23-19-26(20-24-28)25-17-21-27(22-18-25)41-34-14-6-2-9-29(34)30-10-3-7-15-35(30)41/h1-24H,(H,40,43). The number of rotatable bonds is 3. The van der Waals surface area contributed by atoms with Gasteiger partial charge in [0.25, 0.3) is 5.56 Å². The summed E-state index contributed by atoms with van der Waals surface area (Å²) in [6.07, 6.45) is 0. The first-order valence-electron chi connectivity index (χ1n) is 14.5. The minimum absolute atomic E-state index is 0.0883. The van der Waals surface area contributed by atoms with Crippen LogP contribution in [-0.2, 0) is 0 Å². The quantitative estimate of drug-likeness (QED) is 0.234. The molecular formula is C39H25N3O. The molecule has 0 spiro atoms. The average Bonchev–Trinajstić information content (AvgIpc) is 3.59. The summed E-state index contributed by atoms with van der Waals surface area (Å²) in [6.45, 7) is 0. The van der Waals surface area contributed by atoms with Crippen LogP contribution in [-0.4, -0.2) is 14.1 Å². The number of aromatic nitrogens is 3. The molecule has 0 atom stereocenters. The molecule has 4 heteroatoms. The van der Waals surface area contributed by atoms with Gasteiger partial charge in [-0.05, 0) is 59.7 Å². The highest BCUT2D eigenvalue weighted by atomic mass is 16.1. The summed E-state index contributed by atoms with van der Waals surface area (Å²) in [4.78, 5) is 16.6. The fourth-order valence-electron chi connectivity index (χ4n) is 6.79. The van der Waals surface area contributed by atoms with Gasteiger partial charge in [0, 0.05) is 43.8 Å². The van der Waals surface area contributed by atoms with E-state index < -0.39 is 0 Å². The molecule has 1 N–H and O–H groups in total. The van der Waals surface area contributed by atoms with Gasteiger partial charge in [-0.1, -0.05) is 97.1 Å². The second kappa shape index (κ2) is 9.07. The summed E-state index contributed by atoms with van der Waals surface area (Å²) >= 11 is 0. The van der Waals surface area contributed by atoms with E-state index in [4.69, 9.17) is 0 Å². The number of H-pyrrole nitrogens is 1. The Hall–Kier alpha value is -5.87. The van der Waals surface area contributed by atoms with Crippen LogP contribution < -0.4 is 5.56 Å². The third kappa shape index (κ3) is 3.47. The molecule has 43 heavy (non-hydrogen) atoms. The smallest absolute Gasteiger partial charge is 0.273 e. The first kappa shape index (κ1) is 23.8. The maximum Gasteiger partial charge on any atom is 0.273 e. The number of hydrogen-bond acceptors (Lipinski definition) is 1. The molecule has 3 heterocycles. The Balaban J connectivity index is 1.15. The Kier molecular flexibility index (Phi) is 5.02. The number of nitrogens with zero attached hydrogens (tertiary/aromatic N) is 2. The van der Waals surface area contributed by atoms with E-state index in [1.807, 2.05) is 30.3 Å². The van der Waals surface area contributed by atoms with Crippen molar-refractivity contribution >= 4 is 54.5 Å². The summed E-state index contributed by atoms with van der Waals surface area (Å²) in [7, 11) is 0. The number of para-hydroxylation sites is 4. The van der Waals surface area contributed by atoms with E-state index >= 15 is 0 Å². The summed E-state index contributed by atoms with van der Waals surface area (Å²) in [5.74, 6) is 0. The molecule has 0 unspecified atom stereocenters. The fraction of sp³-hybridized carbons (Fsp3) is 0. The van der Waals surface area contributed by atoms with E-state index in [0.717, 1.165) is 49.7 Å². The van der Waals surface area contributed by atoms with Crippen LogP contribution in [0, 0.1) is 0 Å². The van der Waals surface area contributed by atoms with E-state index in [0.29, 0.717) is 5.52 Å². The Labute approximate surface area is 246 Å². The summed E-state index contributed by atoms with van der Waals surface area (Å²) in [5, 5.41) is 5.63. The number of hydrogen-bond donors (Lipinski definition) is 1. The van der Waals surface area contributed by atoms with Gasteiger partial charge in [0.05, 0.1) is 16.6 Å². The highest BCUT2D eigenvalue weighted by Gasteiger charge is 2.18. The van der Waals surface area contributed by atoms with Gasteiger partial charge < -0.3 is 14.1 Å². The molecule has 9 rings (SSSR count). The molecule has 9 aromatic rings. The molecule has 0 radical (unpaired) electrons. The Morgan fingerprint density at radius 3 is 1.44 bits per heavy atom. The Morgan fingerprint density at radius 2 is 0.860 bits per heavy atom. The molecule has 0 saturated heterocycles. The van der Waals surface area contributed by atoms with Gasteiger partial charge in [-0.25, -0.2) is 0 Å². The average molecular weight is 552 g/mol. The predicted molar refractivity (Wildman–Crippen MR) is 179 cm³/mol. The number of nitrogens with one attached hydrogen (secondary N) is 1. The second-order valence-corrected chi connectivity index (χ2v) is 11.0. The molecule has 0 saturated carbocycles. The van der Waals surface area contributed by atoms with Crippen LogP contribution in [0.25, 0.3) is 77.0 Å². The van der Waals surface area contributed by atoms with E-state index in [9.17, 15) is 4.79 Å². The Morgan fingerprint density at radius 1 is 0.419 bits per heavy atom. The largest absolute Gasteiger partial charge is 0.320 e. The van der Waals surface area contributed by atoms with Gasteiger partial charge >= 0.3 is 0 Å². The van der Waals surface area contributed by atoms with Crippen LogP contribution >= 0.6 is 0 Å². The third-order valence-corrected chi connectivity index (χ3v) is 8.70. The minimum atomic E-state index is -0.0883. The van der Waals surface area contributed by atoms with Gasteiger partial charge in [-0.3, -0.25) is 4.79 Å². The molecule has 0 aliphatic carbocycles. The lowest BCUT2D eigenvalue weighted by molar-refractivity contribution is 1.15. The zero-order valence-corrected chi connectivity index (χ0v) is 23.2. The van der Waals surface area contributed by atoms with Crippen molar-refractivity contribution in [1.29, 1.82) is 0 Å². The molecule has 0 bridgehead atoms. The van der Waals surface area contributed by atoms with Gasteiger partial charge in [-0.2, -0.15) is 0 Å². The van der Waals surface area contributed by atoms with Crippen LogP contribution in [0.1, 0.15) is 0 Å². The lowest BCUT2D eigenvalue weighted by Crippen LogP contribution is -2.10. The summed E-state index contributed by atoms with van der Waals surface area (Å²) < 4.78 is 4.42. The number of benzene rings is 6. The highest BCUT2D eigenvalue weighted by molar-refractivity contribution is 6.20. The van der Waals surface area contributed by atoms with Crippen molar-refractivity contribution in [3.63, 3.8) is 0 Å². The van der Waals surface area contributed by atoms with Gasteiger partial charge in [0.15, 0.2) is 0 Å². The van der Waals surface area contributed by atoms with E-state index in [1.54, 1.807) is 0 Å². The molecule has 0 aliphatic heterocycles. The zero-order chi connectivity index (χ0) is 28.5. The Bertz CT molecular complexity index is 2510. The highest BCUT2D eigenvalue weighted by Crippen LogP contribution is 2.36. The van der Waals surface area contributed by atoms with Crippen molar-refractivity contribution in [2.24, 2.45) is 0 Å². The zero-order valence-electron chi connectivity index (χ0n) is 23.2. The van der Waals surface area contributed by atoms with Crippen molar-refractivity contribution < 1.29 is 0 Å². The summed E-state index contributed by atoms with van der Waals surface area (Å²) in [6, 6.07) is 50.7. The second-order valence-electron chi connectivity index (χ2n) is 11.0. The third-order valence-electron chi connectivity index (χ3n) is 8.70. The lowest BCUT2D eigenvalue weighted by atomic mass is 10.0. The molecule has 0 amide bonds. The molecule has 6 aromatic carbocycles. The van der Waals surface area contributed by atoms with E-state index in [2.05, 4.69) is 129 Å². The van der Waals surface area contributed by atoms with Crippen molar-refractivity contribution in [2.75, 3.05) is 0 Å². The fourth-order valence-corrected chi connectivity index (χ4v) is 6.79. The van der Waals surface area contributed by atoms with Gasteiger partial charge in [0.1, 0.15) is 5.52 Å². The molecule has 3 aromatic heterocycles. The molecule has 202 valence electrons. The number of fused-ring (bicyclic) bond motifs is 8. The van der Waals surface area contributed by atoms with Crippen molar-refractivity contribution in [1.82, 2.24) is 14.1 Å². The normalized spacial score (nSPS) is 11.8. The molecular weight excluding hydrogens is 526 g/mol. The van der Waals surface area contributed by atoms with E-state index in [1.165, 1.54) is 21.8 Å². The van der Waals surface area contributed by atoms with Crippen LogP contribution in [0.15, 0.2) is 150 Å².